The number of rotatable bonds is 3. The van der Waals surface area contributed by atoms with Crippen LogP contribution in [0, 0.1) is 11.8 Å². The molecule has 0 aliphatic heterocycles. The first kappa shape index (κ1) is 12.8. The minimum atomic E-state index is -0.166. The summed E-state index contributed by atoms with van der Waals surface area (Å²) in [5.74, 6) is 1.44. The number of nitrogens with two attached hydrogens (primary N) is 1. The number of nitrogen functional groups attached to an aromatic ring is 1. The van der Waals surface area contributed by atoms with Crippen LogP contribution in [0.15, 0.2) is 12.4 Å². The van der Waals surface area contributed by atoms with Crippen molar-refractivity contribution in [2.75, 3.05) is 12.3 Å². The number of aromatic nitrogens is 2. The van der Waals surface area contributed by atoms with Crippen LogP contribution in [0.5, 0.6) is 0 Å². The lowest BCUT2D eigenvalue weighted by Crippen LogP contribution is -2.33. The lowest BCUT2D eigenvalue weighted by atomic mass is 9.80. The van der Waals surface area contributed by atoms with Crippen LogP contribution in [-0.2, 0) is 0 Å². The van der Waals surface area contributed by atoms with Crippen molar-refractivity contribution >= 4 is 11.7 Å². The monoisotopic (exact) mass is 248 g/mol. The van der Waals surface area contributed by atoms with Gasteiger partial charge >= 0.3 is 0 Å². The van der Waals surface area contributed by atoms with E-state index >= 15 is 0 Å². The van der Waals surface area contributed by atoms with Gasteiger partial charge in [-0.3, -0.25) is 4.79 Å². The molecule has 18 heavy (non-hydrogen) atoms. The molecule has 0 aromatic carbocycles. The van der Waals surface area contributed by atoms with Gasteiger partial charge < -0.3 is 11.1 Å². The van der Waals surface area contributed by atoms with Gasteiger partial charge in [0.15, 0.2) is 0 Å². The number of anilines is 1. The molecule has 0 radical (unpaired) electrons. The maximum atomic E-state index is 11.9. The quantitative estimate of drug-likeness (QED) is 0.851. The third-order valence-electron chi connectivity index (χ3n) is 3.72. The number of carbonyl (C=O) groups is 1. The average molecular weight is 248 g/mol. The number of nitrogens with zero attached hydrogens (tertiary/aromatic N) is 2. The van der Waals surface area contributed by atoms with Crippen molar-refractivity contribution in [1.29, 1.82) is 0 Å². The largest absolute Gasteiger partial charge is 0.382 e. The summed E-state index contributed by atoms with van der Waals surface area (Å²) in [6.45, 7) is 2.99. The van der Waals surface area contributed by atoms with Crippen LogP contribution in [-0.4, -0.2) is 22.4 Å². The average Bonchev–Trinajstić information content (AvgIpc) is 2.38. The first-order valence-electron chi connectivity index (χ1n) is 6.52. The molecule has 1 saturated carbocycles. The van der Waals surface area contributed by atoms with E-state index in [2.05, 4.69) is 22.2 Å². The Morgan fingerprint density at radius 3 is 2.83 bits per heavy atom. The number of hydrogen-bond acceptors (Lipinski definition) is 4. The molecule has 1 fully saturated rings. The summed E-state index contributed by atoms with van der Waals surface area (Å²) in [6.07, 6.45) is 7.87. The van der Waals surface area contributed by atoms with Crippen molar-refractivity contribution in [1.82, 2.24) is 15.3 Å². The standard InChI is InChI=1S/C13H20N4O/c1-9-4-2-3-5-10(9)6-17-13(18)11-7-16-12(14)8-15-11/h7-10H,2-6H2,1H3,(H2,14,16)(H,17,18). The molecule has 1 heterocycles. The molecule has 98 valence electrons. The molecule has 2 unspecified atom stereocenters. The molecule has 2 rings (SSSR count). The van der Waals surface area contributed by atoms with Crippen molar-refractivity contribution in [3.63, 3.8) is 0 Å². The summed E-state index contributed by atoms with van der Waals surface area (Å²) in [7, 11) is 0. The Morgan fingerprint density at radius 1 is 1.39 bits per heavy atom. The SMILES string of the molecule is CC1CCCCC1CNC(=O)c1cnc(N)cn1. The summed E-state index contributed by atoms with van der Waals surface area (Å²) in [5.41, 5.74) is 5.76. The molecule has 0 bridgehead atoms. The van der Waals surface area contributed by atoms with Crippen molar-refractivity contribution in [3.8, 4) is 0 Å². The van der Waals surface area contributed by atoms with E-state index in [9.17, 15) is 4.79 Å². The van der Waals surface area contributed by atoms with Crippen molar-refractivity contribution in [3.05, 3.63) is 18.1 Å². The second-order valence-electron chi connectivity index (χ2n) is 5.06. The third-order valence-corrected chi connectivity index (χ3v) is 3.72. The lowest BCUT2D eigenvalue weighted by Gasteiger charge is -2.28. The van der Waals surface area contributed by atoms with E-state index in [1.165, 1.54) is 38.1 Å². The molecular weight excluding hydrogens is 228 g/mol. The number of carbonyl (C=O) groups excluding carboxylic acids is 1. The Balaban J connectivity index is 1.86. The summed E-state index contributed by atoms with van der Waals surface area (Å²) < 4.78 is 0. The van der Waals surface area contributed by atoms with Gasteiger partial charge in [-0.25, -0.2) is 9.97 Å². The fourth-order valence-electron chi connectivity index (χ4n) is 2.47. The molecule has 5 heteroatoms. The van der Waals surface area contributed by atoms with Crippen molar-refractivity contribution in [2.24, 2.45) is 11.8 Å². The van der Waals surface area contributed by atoms with Gasteiger partial charge in [-0.15, -0.1) is 0 Å². The molecule has 1 aliphatic carbocycles. The summed E-state index contributed by atoms with van der Waals surface area (Å²) in [6, 6.07) is 0. The highest BCUT2D eigenvalue weighted by Crippen LogP contribution is 2.28. The van der Waals surface area contributed by atoms with Gasteiger partial charge in [0.25, 0.3) is 5.91 Å². The summed E-state index contributed by atoms with van der Waals surface area (Å²) in [5, 5.41) is 2.94. The molecule has 1 aromatic rings. The van der Waals surface area contributed by atoms with Crippen LogP contribution in [0.25, 0.3) is 0 Å². The highest BCUT2D eigenvalue weighted by molar-refractivity contribution is 5.91. The smallest absolute Gasteiger partial charge is 0.271 e. The predicted molar refractivity (Wildman–Crippen MR) is 69.9 cm³/mol. The van der Waals surface area contributed by atoms with Gasteiger partial charge in [-0.1, -0.05) is 26.2 Å². The van der Waals surface area contributed by atoms with Crippen molar-refractivity contribution < 1.29 is 4.79 Å². The minimum absolute atomic E-state index is 0.166. The molecule has 0 spiro atoms. The van der Waals surface area contributed by atoms with E-state index in [-0.39, 0.29) is 5.91 Å². The maximum absolute atomic E-state index is 11.9. The van der Waals surface area contributed by atoms with E-state index in [1.54, 1.807) is 0 Å². The molecular formula is C13H20N4O. The fourth-order valence-corrected chi connectivity index (χ4v) is 2.47. The number of hydrogen-bond donors (Lipinski definition) is 2. The van der Waals surface area contributed by atoms with Gasteiger partial charge in [0.1, 0.15) is 11.5 Å². The predicted octanol–water partition coefficient (Wildman–Crippen LogP) is 1.61. The zero-order valence-corrected chi connectivity index (χ0v) is 10.7. The second-order valence-corrected chi connectivity index (χ2v) is 5.06. The van der Waals surface area contributed by atoms with Crippen LogP contribution >= 0.6 is 0 Å². The first-order chi connectivity index (χ1) is 8.66. The highest BCUT2D eigenvalue weighted by Gasteiger charge is 2.21. The van der Waals surface area contributed by atoms with Crippen LogP contribution in [0.3, 0.4) is 0 Å². The van der Waals surface area contributed by atoms with Crippen LogP contribution in [0.4, 0.5) is 5.82 Å². The normalized spacial score (nSPS) is 23.6. The second kappa shape index (κ2) is 5.80. The highest BCUT2D eigenvalue weighted by atomic mass is 16.1. The summed E-state index contributed by atoms with van der Waals surface area (Å²) in [4.78, 5) is 19.7. The van der Waals surface area contributed by atoms with Crippen LogP contribution in [0.1, 0.15) is 43.1 Å². The molecule has 0 saturated heterocycles. The van der Waals surface area contributed by atoms with Crippen molar-refractivity contribution in [2.45, 2.75) is 32.6 Å². The minimum Gasteiger partial charge on any atom is -0.382 e. The number of nitrogens with one attached hydrogen (secondary N) is 1. The molecule has 5 nitrogen and oxygen atoms in total. The Kier molecular flexibility index (Phi) is 4.12. The van der Waals surface area contributed by atoms with Gasteiger partial charge in [-0.05, 0) is 18.3 Å². The Bertz CT molecular complexity index is 404. The molecule has 3 N–H and O–H groups in total. The van der Waals surface area contributed by atoms with Gasteiger partial charge in [0.05, 0.1) is 12.4 Å². The van der Waals surface area contributed by atoms with E-state index in [0.717, 1.165) is 6.54 Å². The van der Waals surface area contributed by atoms with E-state index in [4.69, 9.17) is 5.73 Å². The lowest BCUT2D eigenvalue weighted by molar-refractivity contribution is 0.0931. The van der Waals surface area contributed by atoms with E-state index < -0.39 is 0 Å². The Labute approximate surface area is 107 Å². The Morgan fingerprint density at radius 2 is 2.17 bits per heavy atom. The van der Waals surface area contributed by atoms with Gasteiger partial charge in [0, 0.05) is 6.54 Å². The molecule has 1 aliphatic rings. The topological polar surface area (TPSA) is 80.9 Å². The van der Waals surface area contributed by atoms with Gasteiger partial charge in [0.2, 0.25) is 0 Å². The van der Waals surface area contributed by atoms with Crippen LogP contribution < -0.4 is 11.1 Å². The van der Waals surface area contributed by atoms with Gasteiger partial charge in [-0.2, -0.15) is 0 Å². The molecule has 2 atom stereocenters. The third kappa shape index (κ3) is 3.18. The zero-order chi connectivity index (χ0) is 13.0. The van der Waals surface area contributed by atoms with E-state index in [0.29, 0.717) is 23.3 Å². The molecule has 1 aromatic heterocycles. The first-order valence-corrected chi connectivity index (χ1v) is 6.52. The Hall–Kier alpha value is -1.65. The zero-order valence-electron chi connectivity index (χ0n) is 10.7. The van der Waals surface area contributed by atoms with Crippen LogP contribution in [0.2, 0.25) is 0 Å². The number of amides is 1. The summed E-state index contributed by atoms with van der Waals surface area (Å²) >= 11 is 0. The molecule has 1 amide bonds. The maximum Gasteiger partial charge on any atom is 0.271 e. The fraction of sp³-hybridized carbons (Fsp3) is 0.615. The van der Waals surface area contributed by atoms with E-state index in [1.807, 2.05) is 0 Å².